The Hall–Kier alpha value is -1.50. The normalized spacial score (nSPS) is 17.2. The molecule has 2 aromatic rings. The first-order valence-electron chi connectivity index (χ1n) is 8.49. The molecule has 0 radical (unpaired) electrons. The first kappa shape index (κ1) is 18.3. The number of halogens is 1. The van der Waals surface area contributed by atoms with Crippen LogP contribution < -0.4 is 0 Å². The lowest BCUT2D eigenvalue weighted by Crippen LogP contribution is -2.33. The van der Waals surface area contributed by atoms with E-state index in [1.54, 1.807) is 12.3 Å². The topological polar surface area (TPSA) is 65.2 Å². The average molecular weight is 376 g/mol. The van der Waals surface area contributed by atoms with E-state index in [9.17, 15) is 0 Å². The molecule has 1 saturated heterocycles. The maximum absolute atomic E-state index is 7.69. The van der Waals surface area contributed by atoms with Gasteiger partial charge >= 0.3 is 0 Å². The summed E-state index contributed by atoms with van der Waals surface area (Å²) in [5.41, 5.74) is 2.45. The Morgan fingerprint density at radius 2 is 2.16 bits per heavy atom. The lowest BCUT2D eigenvalue weighted by molar-refractivity contribution is 0.300. The number of pyridine rings is 2. The third-order valence-corrected chi connectivity index (χ3v) is 5.37. The zero-order valence-corrected chi connectivity index (χ0v) is 15.6. The van der Waals surface area contributed by atoms with Crippen LogP contribution in [0.3, 0.4) is 0 Å². The van der Waals surface area contributed by atoms with Crippen LogP contribution in [0.1, 0.15) is 17.9 Å². The van der Waals surface area contributed by atoms with Gasteiger partial charge in [-0.05, 0) is 36.7 Å². The smallest absolute Gasteiger partial charge is 0.129 e. The number of aliphatic imine (C=N–C) groups is 1. The van der Waals surface area contributed by atoms with Crippen LogP contribution in [0.2, 0.25) is 5.15 Å². The predicted molar refractivity (Wildman–Crippen MR) is 108 cm³/mol. The van der Waals surface area contributed by atoms with Gasteiger partial charge in [0.2, 0.25) is 0 Å². The number of aromatic nitrogens is 2. The fourth-order valence-corrected chi connectivity index (χ4v) is 3.94. The highest BCUT2D eigenvalue weighted by Crippen LogP contribution is 2.18. The lowest BCUT2D eigenvalue weighted by Gasteiger charge is -2.25. The molecule has 25 heavy (non-hydrogen) atoms. The van der Waals surface area contributed by atoms with Crippen molar-refractivity contribution in [3.05, 3.63) is 35.1 Å². The quantitative estimate of drug-likeness (QED) is 0.456. The Bertz CT molecular complexity index is 745. The standard InChI is InChI=1S/C18H22ClN5S/c19-18-3-2-16-17(23-18)10-14(13-22-16)15(11-20)12-21-4-1-5-24-6-8-25-9-7-24/h2-3,10-13,15,20H,1,4-9H2. The summed E-state index contributed by atoms with van der Waals surface area (Å²) in [5.74, 6) is 2.31. The van der Waals surface area contributed by atoms with Gasteiger partial charge in [-0.2, -0.15) is 11.8 Å². The first-order valence-corrected chi connectivity index (χ1v) is 10.0. The van der Waals surface area contributed by atoms with Crippen molar-refractivity contribution in [2.24, 2.45) is 4.99 Å². The van der Waals surface area contributed by atoms with Crippen molar-refractivity contribution in [1.29, 1.82) is 5.41 Å². The maximum Gasteiger partial charge on any atom is 0.129 e. The molecule has 0 aromatic carbocycles. The zero-order chi connectivity index (χ0) is 17.5. The molecule has 1 aliphatic rings. The number of nitrogens with zero attached hydrogens (tertiary/aromatic N) is 4. The molecule has 1 unspecified atom stereocenters. The minimum atomic E-state index is -0.177. The number of nitrogens with one attached hydrogen (secondary N) is 1. The van der Waals surface area contributed by atoms with Crippen LogP contribution in [-0.4, -0.2) is 65.0 Å². The Morgan fingerprint density at radius 1 is 1.32 bits per heavy atom. The van der Waals surface area contributed by atoms with Gasteiger partial charge in [0.1, 0.15) is 5.15 Å². The van der Waals surface area contributed by atoms with Gasteiger partial charge in [0.05, 0.1) is 17.0 Å². The second kappa shape index (κ2) is 9.27. The monoisotopic (exact) mass is 375 g/mol. The summed E-state index contributed by atoms with van der Waals surface area (Å²) in [4.78, 5) is 15.7. The Morgan fingerprint density at radius 3 is 2.96 bits per heavy atom. The minimum Gasteiger partial charge on any atom is -0.312 e. The van der Waals surface area contributed by atoms with E-state index >= 15 is 0 Å². The van der Waals surface area contributed by atoms with Crippen LogP contribution >= 0.6 is 23.4 Å². The Balaban J connectivity index is 1.57. The lowest BCUT2D eigenvalue weighted by atomic mass is 10.0. The molecule has 1 atom stereocenters. The molecule has 3 heterocycles. The van der Waals surface area contributed by atoms with Gasteiger partial charge in [0.25, 0.3) is 0 Å². The van der Waals surface area contributed by atoms with E-state index in [0.29, 0.717) is 5.15 Å². The summed E-state index contributed by atoms with van der Waals surface area (Å²) >= 11 is 7.98. The van der Waals surface area contributed by atoms with E-state index < -0.39 is 0 Å². The van der Waals surface area contributed by atoms with Crippen molar-refractivity contribution in [3.63, 3.8) is 0 Å². The average Bonchev–Trinajstić information content (AvgIpc) is 2.65. The van der Waals surface area contributed by atoms with Crippen molar-refractivity contribution >= 4 is 46.8 Å². The van der Waals surface area contributed by atoms with Crippen molar-refractivity contribution in [1.82, 2.24) is 14.9 Å². The molecule has 0 amide bonds. The Labute approximate surface area is 157 Å². The van der Waals surface area contributed by atoms with E-state index in [2.05, 4.69) is 19.9 Å². The summed E-state index contributed by atoms with van der Waals surface area (Å²) in [6, 6.07) is 5.51. The van der Waals surface area contributed by atoms with Crippen molar-refractivity contribution in [2.75, 3.05) is 37.7 Å². The molecule has 1 aliphatic heterocycles. The zero-order valence-electron chi connectivity index (χ0n) is 14.1. The van der Waals surface area contributed by atoms with Gasteiger partial charge in [-0.15, -0.1) is 0 Å². The summed E-state index contributed by atoms with van der Waals surface area (Å²) in [6.45, 7) is 4.28. The largest absolute Gasteiger partial charge is 0.312 e. The van der Waals surface area contributed by atoms with Crippen molar-refractivity contribution in [3.8, 4) is 0 Å². The summed E-state index contributed by atoms with van der Waals surface area (Å²) in [5, 5.41) is 8.13. The van der Waals surface area contributed by atoms with Gasteiger partial charge in [-0.3, -0.25) is 9.98 Å². The molecule has 0 spiro atoms. The number of fused-ring (bicyclic) bond motifs is 1. The molecule has 0 bridgehead atoms. The van der Waals surface area contributed by atoms with Gasteiger partial charge in [0, 0.05) is 49.8 Å². The molecule has 1 N–H and O–H groups in total. The molecule has 1 fully saturated rings. The third kappa shape index (κ3) is 5.23. The molecule has 132 valence electrons. The first-order chi connectivity index (χ1) is 12.3. The van der Waals surface area contributed by atoms with Gasteiger partial charge in [-0.1, -0.05) is 11.6 Å². The van der Waals surface area contributed by atoms with Crippen LogP contribution in [-0.2, 0) is 0 Å². The number of hydrogen-bond acceptors (Lipinski definition) is 6. The highest BCUT2D eigenvalue weighted by molar-refractivity contribution is 7.99. The van der Waals surface area contributed by atoms with Crippen LogP contribution in [0.25, 0.3) is 11.0 Å². The van der Waals surface area contributed by atoms with E-state index in [-0.39, 0.29) is 5.92 Å². The minimum absolute atomic E-state index is 0.177. The fourth-order valence-electron chi connectivity index (χ4n) is 2.80. The van der Waals surface area contributed by atoms with Crippen molar-refractivity contribution < 1.29 is 0 Å². The summed E-state index contributed by atoms with van der Waals surface area (Å²) in [6.07, 6.45) is 6.06. The maximum atomic E-state index is 7.69. The molecular formula is C18H22ClN5S. The van der Waals surface area contributed by atoms with E-state index in [4.69, 9.17) is 17.0 Å². The number of thioether (sulfide) groups is 1. The van der Waals surface area contributed by atoms with E-state index in [0.717, 1.165) is 36.1 Å². The molecule has 0 aliphatic carbocycles. The van der Waals surface area contributed by atoms with Crippen LogP contribution in [0.5, 0.6) is 0 Å². The predicted octanol–water partition coefficient (Wildman–Crippen LogP) is 3.53. The van der Waals surface area contributed by atoms with E-state index in [1.165, 1.54) is 30.8 Å². The number of hydrogen-bond donors (Lipinski definition) is 1. The molecule has 2 aromatic heterocycles. The fraction of sp³-hybridized carbons (Fsp3) is 0.444. The SMILES string of the molecule is N=CC(C=NCCCN1CCSCC1)c1cnc2ccc(Cl)nc2c1. The van der Waals surface area contributed by atoms with Crippen LogP contribution in [0.4, 0.5) is 0 Å². The Kier molecular flexibility index (Phi) is 6.78. The van der Waals surface area contributed by atoms with Gasteiger partial charge in [-0.25, -0.2) is 4.98 Å². The molecule has 7 heteroatoms. The van der Waals surface area contributed by atoms with Crippen molar-refractivity contribution in [2.45, 2.75) is 12.3 Å². The van der Waals surface area contributed by atoms with Crippen LogP contribution in [0, 0.1) is 5.41 Å². The number of rotatable bonds is 7. The highest BCUT2D eigenvalue weighted by Gasteiger charge is 2.10. The molecule has 3 rings (SSSR count). The van der Waals surface area contributed by atoms with Gasteiger partial charge in [0.15, 0.2) is 0 Å². The summed E-state index contributed by atoms with van der Waals surface area (Å²) in [7, 11) is 0. The van der Waals surface area contributed by atoms with Gasteiger partial charge < -0.3 is 10.3 Å². The molecule has 5 nitrogen and oxygen atoms in total. The molecule has 0 saturated carbocycles. The second-order valence-corrected chi connectivity index (χ2v) is 7.61. The highest BCUT2D eigenvalue weighted by atomic mass is 35.5. The van der Waals surface area contributed by atoms with Crippen LogP contribution in [0.15, 0.2) is 29.4 Å². The third-order valence-electron chi connectivity index (χ3n) is 4.22. The summed E-state index contributed by atoms with van der Waals surface area (Å²) < 4.78 is 0. The van der Waals surface area contributed by atoms with E-state index in [1.807, 2.05) is 30.1 Å². The second-order valence-electron chi connectivity index (χ2n) is 6.00. The molecular weight excluding hydrogens is 354 g/mol.